The summed E-state index contributed by atoms with van der Waals surface area (Å²) in [5.41, 5.74) is 4.45. The molecule has 166 valence electrons. The summed E-state index contributed by atoms with van der Waals surface area (Å²) in [6.45, 7) is 7.83. The monoisotopic (exact) mass is 448 g/mol. The quantitative estimate of drug-likeness (QED) is 0.616. The Labute approximate surface area is 192 Å². The molecular weight excluding hydrogens is 420 g/mol. The second-order valence-electron chi connectivity index (χ2n) is 8.91. The van der Waals surface area contributed by atoms with Crippen LogP contribution >= 0.6 is 11.3 Å². The molecule has 1 aliphatic carbocycles. The fourth-order valence-corrected chi connectivity index (χ4v) is 5.78. The number of aryl methyl sites for hydroxylation is 3. The van der Waals surface area contributed by atoms with Crippen LogP contribution in [0.1, 0.15) is 45.4 Å². The summed E-state index contributed by atoms with van der Waals surface area (Å²) >= 11 is 1.60. The van der Waals surface area contributed by atoms with Crippen molar-refractivity contribution in [2.45, 2.75) is 39.8 Å². The van der Waals surface area contributed by atoms with E-state index in [1.807, 2.05) is 36.3 Å². The number of carbonyl (C=O) groups excluding carboxylic acids is 2. The van der Waals surface area contributed by atoms with Crippen LogP contribution in [0.3, 0.4) is 0 Å². The van der Waals surface area contributed by atoms with Crippen LogP contribution in [0.5, 0.6) is 0 Å². The number of aromatic nitrogens is 2. The molecule has 2 aliphatic rings. The summed E-state index contributed by atoms with van der Waals surface area (Å²) in [6, 6.07) is 12.1. The Hall–Kier alpha value is -2.93. The molecule has 2 fully saturated rings. The van der Waals surface area contributed by atoms with E-state index < -0.39 is 0 Å². The zero-order valence-electron chi connectivity index (χ0n) is 18.7. The van der Waals surface area contributed by atoms with E-state index in [9.17, 15) is 9.59 Å². The fraction of sp³-hybridized carbons (Fsp3) is 0.400. The highest BCUT2D eigenvalue weighted by atomic mass is 32.1. The highest BCUT2D eigenvalue weighted by Gasteiger charge is 2.54. The van der Waals surface area contributed by atoms with Crippen molar-refractivity contribution in [1.29, 1.82) is 0 Å². The molecule has 1 saturated heterocycles. The average molecular weight is 449 g/mol. The maximum absolute atomic E-state index is 13.6. The van der Waals surface area contributed by atoms with Gasteiger partial charge in [-0.3, -0.25) is 14.3 Å². The second-order valence-corrected chi connectivity index (χ2v) is 9.83. The summed E-state index contributed by atoms with van der Waals surface area (Å²) in [5.74, 6) is 0.992. The van der Waals surface area contributed by atoms with E-state index in [0.717, 1.165) is 34.7 Å². The fourth-order valence-electron chi connectivity index (χ4n) is 4.88. The van der Waals surface area contributed by atoms with Gasteiger partial charge < -0.3 is 10.2 Å². The summed E-state index contributed by atoms with van der Waals surface area (Å²) in [6.07, 6.45) is 1.14. The van der Waals surface area contributed by atoms with Gasteiger partial charge in [0.25, 0.3) is 11.8 Å². The highest BCUT2D eigenvalue weighted by molar-refractivity contribution is 7.14. The van der Waals surface area contributed by atoms with Gasteiger partial charge in [-0.05, 0) is 62.1 Å². The largest absolute Gasteiger partial charge is 0.349 e. The number of hydrogen-bond donors (Lipinski definition) is 1. The van der Waals surface area contributed by atoms with Gasteiger partial charge in [0, 0.05) is 24.5 Å². The molecule has 0 bridgehead atoms. The molecule has 0 unspecified atom stereocenters. The van der Waals surface area contributed by atoms with Crippen molar-refractivity contribution in [3.8, 4) is 10.4 Å². The Kier molecular flexibility index (Phi) is 5.37. The SMILES string of the molecule is CCn1nc(C)cc1C(=O)NC[C@@H]1[C@H]2C[C@H]2CN1C(=O)c1ccsc1-c1ccc(C)cc1. The smallest absolute Gasteiger partial charge is 0.269 e. The first-order chi connectivity index (χ1) is 15.5. The second kappa shape index (κ2) is 8.20. The first-order valence-electron chi connectivity index (χ1n) is 11.2. The molecule has 3 heterocycles. The molecule has 0 spiro atoms. The molecule has 3 aromatic rings. The third kappa shape index (κ3) is 3.75. The highest BCUT2D eigenvalue weighted by Crippen LogP contribution is 2.50. The van der Waals surface area contributed by atoms with Crippen LogP contribution in [0.2, 0.25) is 0 Å². The van der Waals surface area contributed by atoms with E-state index in [1.165, 1.54) is 5.56 Å². The van der Waals surface area contributed by atoms with E-state index in [0.29, 0.717) is 30.6 Å². The minimum Gasteiger partial charge on any atom is -0.349 e. The zero-order valence-corrected chi connectivity index (χ0v) is 19.5. The molecule has 6 nitrogen and oxygen atoms in total. The molecule has 1 aromatic carbocycles. The van der Waals surface area contributed by atoms with Crippen molar-refractivity contribution in [2.75, 3.05) is 13.1 Å². The molecular formula is C25H28N4O2S. The van der Waals surface area contributed by atoms with Crippen LogP contribution < -0.4 is 5.32 Å². The van der Waals surface area contributed by atoms with Crippen LogP contribution in [0.4, 0.5) is 0 Å². The van der Waals surface area contributed by atoms with Crippen molar-refractivity contribution in [2.24, 2.45) is 11.8 Å². The third-order valence-corrected chi connectivity index (χ3v) is 7.64. The normalized spacial score (nSPS) is 21.5. The maximum Gasteiger partial charge on any atom is 0.269 e. The van der Waals surface area contributed by atoms with E-state index in [4.69, 9.17) is 0 Å². The summed E-state index contributed by atoms with van der Waals surface area (Å²) in [5, 5.41) is 9.43. The average Bonchev–Trinajstić information content (AvgIpc) is 3.13. The van der Waals surface area contributed by atoms with Crippen molar-refractivity contribution >= 4 is 23.2 Å². The number of benzene rings is 1. The topological polar surface area (TPSA) is 67.2 Å². The molecule has 1 saturated carbocycles. The van der Waals surface area contributed by atoms with Crippen LogP contribution in [0.25, 0.3) is 10.4 Å². The summed E-state index contributed by atoms with van der Waals surface area (Å²) < 4.78 is 1.72. The van der Waals surface area contributed by atoms with Gasteiger partial charge in [0.2, 0.25) is 0 Å². The number of fused-ring (bicyclic) bond motifs is 1. The van der Waals surface area contributed by atoms with Gasteiger partial charge in [-0.2, -0.15) is 5.10 Å². The lowest BCUT2D eigenvalue weighted by Gasteiger charge is -2.28. The Bertz CT molecular complexity index is 1160. The van der Waals surface area contributed by atoms with Gasteiger partial charge in [-0.1, -0.05) is 29.8 Å². The number of piperidine rings is 1. The van der Waals surface area contributed by atoms with Crippen molar-refractivity contribution in [3.05, 3.63) is 64.3 Å². The standard InChI is InChI=1S/C25H28N4O2S/c1-4-29-21(11-16(3)27-29)24(30)26-13-22-20-12-18(20)14-28(22)25(31)19-9-10-32-23(19)17-7-5-15(2)6-8-17/h5-11,18,20,22H,4,12-14H2,1-3H3,(H,26,30)/t18-,20-,22+/m0/s1. The summed E-state index contributed by atoms with van der Waals surface area (Å²) in [4.78, 5) is 29.4. The van der Waals surface area contributed by atoms with Crippen LogP contribution in [0, 0.1) is 25.7 Å². The van der Waals surface area contributed by atoms with Gasteiger partial charge in [0.05, 0.1) is 17.3 Å². The molecule has 7 heteroatoms. The Morgan fingerprint density at radius 2 is 1.97 bits per heavy atom. The molecule has 1 N–H and O–H groups in total. The lowest BCUT2D eigenvalue weighted by atomic mass is 10.1. The number of amides is 2. The van der Waals surface area contributed by atoms with Gasteiger partial charge >= 0.3 is 0 Å². The predicted molar refractivity (Wildman–Crippen MR) is 126 cm³/mol. The van der Waals surface area contributed by atoms with Crippen LogP contribution in [-0.2, 0) is 6.54 Å². The molecule has 5 rings (SSSR count). The number of nitrogens with one attached hydrogen (secondary N) is 1. The summed E-state index contributed by atoms with van der Waals surface area (Å²) in [7, 11) is 0. The van der Waals surface area contributed by atoms with Crippen molar-refractivity contribution in [3.63, 3.8) is 0 Å². The van der Waals surface area contributed by atoms with Crippen molar-refractivity contribution < 1.29 is 9.59 Å². The van der Waals surface area contributed by atoms with Gasteiger partial charge in [0.15, 0.2) is 0 Å². The lowest BCUT2D eigenvalue weighted by Crippen LogP contribution is -2.45. The number of carbonyl (C=O) groups is 2. The van der Waals surface area contributed by atoms with Gasteiger partial charge in [0.1, 0.15) is 5.69 Å². The third-order valence-electron chi connectivity index (χ3n) is 6.68. The number of thiophene rings is 1. The van der Waals surface area contributed by atoms with Crippen molar-refractivity contribution in [1.82, 2.24) is 20.0 Å². The number of likely N-dealkylation sites (tertiary alicyclic amines) is 1. The molecule has 0 radical (unpaired) electrons. The van der Waals surface area contributed by atoms with Crippen LogP contribution in [-0.4, -0.2) is 45.6 Å². The van der Waals surface area contributed by atoms with E-state index >= 15 is 0 Å². The lowest BCUT2D eigenvalue weighted by molar-refractivity contribution is 0.0695. The number of nitrogens with zero attached hydrogens (tertiary/aromatic N) is 3. The first kappa shape index (κ1) is 20.9. The number of hydrogen-bond acceptors (Lipinski definition) is 4. The molecule has 3 atom stereocenters. The van der Waals surface area contributed by atoms with E-state index in [2.05, 4.69) is 41.6 Å². The molecule has 2 amide bonds. The van der Waals surface area contributed by atoms with Gasteiger partial charge in [-0.25, -0.2) is 0 Å². The Morgan fingerprint density at radius 1 is 1.19 bits per heavy atom. The predicted octanol–water partition coefficient (Wildman–Crippen LogP) is 4.14. The Balaban J connectivity index is 1.32. The number of rotatable bonds is 6. The maximum atomic E-state index is 13.6. The Morgan fingerprint density at radius 3 is 2.72 bits per heavy atom. The molecule has 1 aliphatic heterocycles. The van der Waals surface area contributed by atoms with E-state index in [-0.39, 0.29) is 17.9 Å². The van der Waals surface area contributed by atoms with E-state index in [1.54, 1.807) is 16.0 Å². The zero-order chi connectivity index (χ0) is 22.4. The van der Waals surface area contributed by atoms with Gasteiger partial charge in [-0.15, -0.1) is 11.3 Å². The minimum atomic E-state index is -0.125. The van der Waals surface area contributed by atoms with Crippen LogP contribution in [0.15, 0.2) is 41.8 Å². The molecule has 32 heavy (non-hydrogen) atoms. The minimum absolute atomic E-state index is 0.0429. The molecule has 2 aromatic heterocycles. The first-order valence-corrected chi connectivity index (χ1v) is 12.1.